The Labute approximate surface area is 125 Å². The first-order chi connectivity index (χ1) is 9.62. The summed E-state index contributed by atoms with van der Waals surface area (Å²) >= 11 is 6.26. The Bertz CT molecular complexity index is 493. The molecule has 0 bridgehead atoms. The number of hydrogen-bond acceptors (Lipinski definition) is 3. The van der Waals surface area contributed by atoms with Gasteiger partial charge in [-0.2, -0.15) is 0 Å². The van der Waals surface area contributed by atoms with Crippen LogP contribution in [-0.4, -0.2) is 23.8 Å². The number of anilines is 1. The number of benzene rings is 1. The van der Waals surface area contributed by atoms with Gasteiger partial charge in [-0.3, -0.25) is 0 Å². The summed E-state index contributed by atoms with van der Waals surface area (Å²) in [6, 6.07) is 6.12. The van der Waals surface area contributed by atoms with Crippen molar-refractivity contribution >= 4 is 17.3 Å². The molecule has 3 N–H and O–H groups in total. The van der Waals surface area contributed by atoms with Crippen LogP contribution in [0.2, 0.25) is 5.02 Å². The molecule has 0 aromatic heterocycles. The minimum absolute atomic E-state index is 0.401. The molecule has 3 nitrogen and oxygen atoms in total. The second-order valence-electron chi connectivity index (χ2n) is 6.22. The highest BCUT2D eigenvalue weighted by Crippen LogP contribution is 2.41. The van der Waals surface area contributed by atoms with Crippen LogP contribution in [0, 0.1) is 5.92 Å². The highest BCUT2D eigenvalue weighted by Gasteiger charge is 2.42. The molecule has 20 heavy (non-hydrogen) atoms. The van der Waals surface area contributed by atoms with Crippen LogP contribution >= 0.6 is 11.6 Å². The largest absolute Gasteiger partial charge is 0.389 e. The van der Waals surface area contributed by atoms with Crippen molar-refractivity contribution in [3.05, 3.63) is 28.8 Å². The smallest absolute Gasteiger partial charge is 0.0709 e. The first-order valence-corrected chi connectivity index (χ1v) is 7.96. The molecule has 110 valence electrons. The normalized spacial score (nSPS) is 30.1. The first-order valence-electron chi connectivity index (χ1n) is 7.58. The molecular formula is C16H23ClN2O. The lowest BCUT2D eigenvalue weighted by molar-refractivity contribution is -0.0612. The Morgan fingerprint density at radius 1 is 1.35 bits per heavy atom. The van der Waals surface area contributed by atoms with Crippen molar-refractivity contribution < 1.29 is 5.11 Å². The van der Waals surface area contributed by atoms with Gasteiger partial charge in [-0.15, -0.1) is 0 Å². The number of aliphatic hydroxyl groups is 1. The van der Waals surface area contributed by atoms with Crippen LogP contribution in [0.3, 0.4) is 0 Å². The van der Waals surface area contributed by atoms with Gasteiger partial charge in [0.15, 0.2) is 0 Å². The SMILES string of the molecule is NCc1ccc(N2CCC3(O)CCCCC3C2)cc1Cl. The summed E-state index contributed by atoms with van der Waals surface area (Å²) in [6.07, 6.45) is 5.39. The molecule has 4 heteroatoms. The summed E-state index contributed by atoms with van der Waals surface area (Å²) in [4.78, 5) is 2.36. The Kier molecular flexibility index (Phi) is 3.93. The molecule has 2 aliphatic rings. The Hall–Kier alpha value is -0.770. The molecule has 1 aliphatic heterocycles. The molecule has 1 heterocycles. The van der Waals surface area contributed by atoms with Gasteiger partial charge in [0.25, 0.3) is 0 Å². The number of nitrogens with zero attached hydrogens (tertiary/aromatic N) is 1. The van der Waals surface area contributed by atoms with E-state index in [0.29, 0.717) is 12.5 Å². The van der Waals surface area contributed by atoms with E-state index in [1.54, 1.807) is 0 Å². The van der Waals surface area contributed by atoms with E-state index in [1.807, 2.05) is 12.1 Å². The van der Waals surface area contributed by atoms with E-state index in [2.05, 4.69) is 11.0 Å². The van der Waals surface area contributed by atoms with Crippen LogP contribution in [0.4, 0.5) is 5.69 Å². The summed E-state index contributed by atoms with van der Waals surface area (Å²) < 4.78 is 0. The van der Waals surface area contributed by atoms with E-state index in [1.165, 1.54) is 12.8 Å². The maximum atomic E-state index is 10.7. The van der Waals surface area contributed by atoms with Gasteiger partial charge in [0.2, 0.25) is 0 Å². The predicted octanol–water partition coefficient (Wildman–Crippen LogP) is 2.93. The van der Waals surface area contributed by atoms with E-state index in [0.717, 1.165) is 48.6 Å². The molecule has 2 fully saturated rings. The van der Waals surface area contributed by atoms with Crippen molar-refractivity contribution in [1.29, 1.82) is 0 Å². The van der Waals surface area contributed by atoms with Crippen molar-refractivity contribution in [3.63, 3.8) is 0 Å². The van der Waals surface area contributed by atoms with Gasteiger partial charge < -0.3 is 15.7 Å². The van der Waals surface area contributed by atoms with Crippen molar-refractivity contribution in [2.24, 2.45) is 11.7 Å². The second kappa shape index (κ2) is 5.55. The van der Waals surface area contributed by atoms with Crippen LogP contribution < -0.4 is 10.6 Å². The maximum Gasteiger partial charge on any atom is 0.0709 e. The molecule has 2 unspecified atom stereocenters. The molecule has 0 spiro atoms. The molecule has 2 atom stereocenters. The fraction of sp³-hybridized carbons (Fsp3) is 0.625. The second-order valence-corrected chi connectivity index (χ2v) is 6.63. The quantitative estimate of drug-likeness (QED) is 0.882. The molecule has 0 amide bonds. The van der Waals surface area contributed by atoms with Gasteiger partial charge in [-0.05, 0) is 37.0 Å². The molecule has 1 aliphatic carbocycles. The third-order valence-electron chi connectivity index (χ3n) is 5.05. The number of rotatable bonds is 2. The summed E-state index contributed by atoms with van der Waals surface area (Å²) in [5.74, 6) is 0.401. The lowest BCUT2D eigenvalue weighted by atomic mass is 9.71. The lowest BCUT2D eigenvalue weighted by Gasteiger charge is -2.48. The summed E-state index contributed by atoms with van der Waals surface area (Å²) in [7, 11) is 0. The molecule has 1 aromatic rings. The van der Waals surface area contributed by atoms with Crippen molar-refractivity contribution in [2.45, 2.75) is 44.2 Å². The molecular weight excluding hydrogens is 272 g/mol. The highest BCUT2D eigenvalue weighted by molar-refractivity contribution is 6.31. The van der Waals surface area contributed by atoms with Crippen LogP contribution in [0.25, 0.3) is 0 Å². The van der Waals surface area contributed by atoms with E-state index in [-0.39, 0.29) is 0 Å². The lowest BCUT2D eigenvalue weighted by Crippen LogP contribution is -2.53. The van der Waals surface area contributed by atoms with E-state index in [9.17, 15) is 5.11 Å². The van der Waals surface area contributed by atoms with Gasteiger partial charge in [-0.1, -0.05) is 30.5 Å². The van der Waals surface area contributed by atoms with E-state index in [4.69, 9.17) is 17.3 Å². The summed E-state index contributed by atoms with van der Waals surface area (Å²) in [6.45, 7) is 2.32. The molecule has 1 saturated carbocycles. The maximum absolute atomic E-state index is 10.7. The van der Waals surface area contributed by atoms with Crippen LogP contribution in [0.15, 0.2) is 18.2 Å². The minimum Gasteiger partial charge on any atom is -0.389 e. The monoisotopic (exact) mass is 294 g/mol. The van der Waals surface area contributed by atoms with Crippen LogP contribution in [-0.2, 0) is 6.54 Å². The zero-order chi connectivity index (χ0) is 14.2. The number of piperidine rings is 1. The summed E-state index contributed by atoms with van der Waals surface area (Å²) in [5, 5.41) is 11.5. The van der Waals surface area contributed by atoms with E-state index >= 15 is 0 Å². The minimum atomic E-state index is -0.421. The third-order valence-corrected chi connectivity index (χ3v) is 5.40. The zero-order valence-electron chi connectivity index (χ0n) is 11.8. The topological polar surface area (TPSA) is 49.5 Å². The molecule has 1 saturated heterocycles. The average Bonchev–Trinajstić information content (AvgIpc) is 2.46. The Balaban J connectivity index is 1.77. The van der Waals surface area contributed by atoms with Gasteiger partial charge in [-0.25, -0.2) is 0 Å². The standard InChI is InChI=1S/C16H23ClN2O/c17-15-9-14(5-4-12(15)10-18)19-8-7-16(20)6-2-1-3-13(16)11-19/h4-5,9,13,20H,1-3,6-8,10-11,18H2. The van der Waals surface area contributed by atoms with Gasteiger partial charge >= 0.3 is 0 Å². The number of nitrogens with two attached hydrogens (primary N) is 1. The Morgan fingerprint density at radius 3 is 2.95 bits per heavy atom. The van der Waals surface area contributed by atoms with Crippen LogP contribution in [0.1, 0.15) is 37.7 Å². The predicted molar refractivity (Wildman–Crippen MR) is 83.1 cm³/mol. The van der Waals surface area contributed by atoms with Gasteiger partial charge in [0.05, 0.1) is 5.60 Å². The van der Waals surface area contributed by atoms with Gasteiger partial charge in [0.1, 0.15) is 0 Å². The fourth-order valence-corrected chi connectivity index (χ4v) is 3.96. The number of halogens is 1. The number of fused-ring (bicyclic) bond motifs is 1. The fourth-order valence-electron chi connectivity index (χ4n) is 3.70. The van der Waals surface area contributed by atoms with Crippen molar-refractivity contribution in [3.8, 4) is 0 Å². The Morgan fingerprint density at radius 2 is 2.20 bits per heavy atom. The average molecular weight is 295 g/mol. The van der Waals surface area contributed by atoms with E-state index < -0.39 is 5.60 Å². The van der Waals surface area contributed by atoms with Crippen molar-refractivity contribution in [1.82, 2.24) is 0 Å². The first kappa shape index (κ1) is 14.2. The number of hydrogen-bond donors (Lipinski definition) is 2. The summed E-state index contributed by atoms with van der Waals surface area (Å²) in [5.41, 5.74) is 7.37. The zero-order valence-corrected chi connectivity index (χ0v) is 12.6. The third kappa shape index (κ3) is 2.54. The molecule has 1 aromatic carbocycles. The van der Waals surface area contributed by atoms with Gasteiger partial charge in [0, 0.05) is 36.3 Å². The molecule has 3 rings (SSSR count). The molecule has 0 radical (unpaired) electrons. The van der Waals surface area contributed by atoms with Crippen molar-refractivity contribution in [2.75, 3.05) is 18.0 Å². The van der Waals surface area contributed by atoms with Crippen LogP contribution in [0.5, 0.6) is 0 Å². The highest BCUT2D eigenvalue weighted by atomic mass is 35.5.